The van der Waals surface area contributed by atoms with E-state index in [2.05, 4.69) is 21.2 Å². The molecule has 0 fully saturated rings. The maximum absolute atomic E-state index is 13.5. The molecule has 0 radical (unpaired) electrons. The van der Waals surface area contributed by atoms with Crippen molar-refractivity contribution in [2.45, 2.75) is 12.5 Å². The molecule has 0 aliphatic carbocycles. The van der Waals surface area contributed by atoms with Crippen LogP contribution in [0.5, 0.6) is 0 Å². The average molecular weight is 336 g/mol. The van der Waals surface area contributed by atoms with Gasteiger partial charge in [0.25, 0.3) is 5.91 Å². The molecule has 0 aromatic heterocycles. The number of hydrogen-bond donors (Lipinski definition) is 2. The van der Waals surface area contributed by atoms with Crippen LogP contribution in [0.2, 0.25) is 0 Å². The second kappa shape index (κ2) is 6.54. The van der Waals surface area contributed by atoms with Crippen molar-refractivity contribution in [3.05, 3.63) is 34.1 Å². The highest BCUT2D eigenvalue weighted by atomic mass is 79.9. The molecule has 0 spiro atoms. The monoisotopic (exact) mass is 335 g/mol. The second-order valence-electron chi connectivity index (χ2n) is 4.21. The van der Waals surface area contributed by atoms with Crippen molar-refractivity contribution in [2.75, 3.05) is 18.6 Å². The lowest BCUT2D eigenvalue weighted by molar-refractivity contribution is 0.0722. The van der Waals surface area contributed by atoms with E-state index in [4.69, 9.17) is 0 Å². The SMILES string of the molecule is CSCC(C)(O)CNC(=O)c1c(F)cccc1Br. The molecule has 1 atom stereocenters. The molecule has 1 amide bonds. The predicted molar refractivity (Wildman–Crippen MR) is 75.4 cm³/mol. The number of halogens is 2. The molecule has 0 aliphatic rings. The minimum absolute atomic E-state index is 0.0440. The predicted octanol–water partition coefficient (Wildman–Crippen LogP) is 2.43. The first-order chi connectivity index (χ1) is 8.37. The molecule has 1 aromatic carbocycles. The van der Waals surface area contributed by atoms with Gasteiger partial charge in [-0.15, -0.1) is 0 Å². The van der Waals surface area contributed by atoms with E-state index in [-0.39, 0.29) is 12.1 Å². The number of aliphatic hydroxyl groups is 1. The number of amides is 1. The van der Waals surface area contributed by atoms with Gasteiger partial charge < -0.3 is 10.4 Å². The lowest BCUT2D eigenvalue weighted by Gasteiger charge is -2.22. The minimum Gasteiger partial charge on any atom is -0.387 e. The number of thioether (sulfide) groups is 1. The van der Waals surface area contributed by atoms with Gasteiger partial charge in [-0.25, -0.2) is 4.39 Å². The quantitative estimate of drug-likeness (QED) is 0.868. The van der Waals surface area contributed by atoms with Crippen LogP contribution in [0.4, 0.5) is 4.39 Å². The minimum atomic E-state index is -1.01. The first kappa shape index (κ1) is 15.5. The van der Waals surface area contributed by atoms with Gasteiger partial charge >= 0.3 is 0 Å². The summed E-state index contributed by atoms with van der Waals surface area (Å²) in [5.74, 6) is -0.640. The number of benzene rings is 1. The lowest BCUT2D eigenvalue weighted by Crippen LogP contribution is -2.42. The van der Waals surface area contributed by atoms with Gasteiger partial charge in [0, 0.05) is 16.8 Å². The molecule has 18 heavy (non-hydrogen) atoms. The Morgan fingerprint density at radius 3 is 2.83 bits per heavy atom. The summed E-state index contributed by atoms with van der Waals surface area (Å²) in [6.45, 7) is 1.70. The number of hydrogen-bond acceptors (Lipinski definition) is 3. The number of rotatable bonds is 5. The third-order valence-electron chi connectivity index (χ3n) is 2.27. The highest BCUT2D eigenvalue weighted by Crippen LogP contribution is 2.19. The van der Waals surface area contributed by atoms with Gasteiger partial charge in [0.15, 0.2) is 0 Å². The first-order valence-corrected chi connectivity index (χ1v) is 7.49. The summed E-state index contributed by atoms with van der Waals surface area (Å²) in [5, 5.41) is 12.4. The summed E-state index contributed by atoms with van der Waals surface area (Å²) >= 11 is 4.61. The average Bonchev–Trinajstić information content (AvgIpc) is 2.26. The zero-order chi connectivity index (χ0) is 13.8. The second-order valence-corrected chi connectivity index (χ2v) is 5.93. The summed E-state index contributed by atoms with van der Waals surface area (Å²) in [6, 6.07) is 4.33. The maximum atomic E-state index is 13.5. The number of nitrogens with one attached hydrogen (secondary N) is 1. The molecule has 1 unspecified atom stereocenters. The van der Waals surface area contributed by atoms with Crippen molar-refractivity contribution in [1.29, 1.82) is 0 Å². The summed E-state index contributed by atoms with van der Waals surface area (Å²) in [7, 11) is 0. The van der Waals surface area contributed by atoms with Crippen LogP contribution in [0.3, 0.4) is 0 Å². The van der Waals surface area contributed by atoms with Crippen LogP contribution >= 0.6 is 27.7 Å². The smallest absolute Gasteiger partial charge is 0.255 e. The van der Waals surface area contributed by atoms with E-state index in [9.17, 15) is 14.3 Å². The van der Waals surface area contributed by atoms with Crippen LogP contribution in [0.15, 0.2) is 22.7 Å². The third kappa shape index (κ3) is 4.26. The van der Waals surface area contributed by atoms with Gasteiger partial charge in [-0.2, -0.15) is 11.8 Å². The van der Waals surface area contributed by atoms with Gasteiger partial charge in [-0.1, -0.05) is 6.07 Å². The Morgan fingerprint density at radius 1 is 1.61 bits per heavy atom. The molecule has 0 saturated heterocycles. The first-order valence-electron chi connectivity index (χ1n) is 5.31. The molecular weight excluding hydrogens is 321 g/mol. The molecule has 1 rings (SSSR count). The highest BCUT2D eigenvalue weighted by molar-refractivity contribution is 9.10. The van der Waals surface area contributed by atoms with Crippen LogP contribution in [-0.4, -0.2) is 35.2 Å². The molecule has 6 heteroatoms. The Hall–Kier alpha value is -0.590. The van der Waals surface area contributed by atoms with Crippen molar-refractivity contribution < 1.29 is 14.3 Å². The van der Waals surface area contributed by atoms with Crippen LogP contribution in [0, 0.1) is 5.82 Å². The lowest BCUT2D eigenvalue weighted by atomic mass is 10.1. The van der Waals surface area contributed by atoms with Gasteiger partial charge in [0.1, 0.15) is 5.82 Å². The van der Waals surface area contributed by atoms with Crippen molar-refractivity contribution in [1.82, 2.24) is 5.32 Å². The maximum Gasteiger partial charge on any atom is 0.255 e. The molecule has 3 nitrogen and oxygen atoms in total. The third-order valence-corrected chi connectivity index (χ3v) is 3.85. The normalized spacial score (nSPS) is 14.1. The van der Waals surface area contributed by atoms with Crippen LogP contribution in [0.25, 0.3) is 0 Å². The van der Waals surface area contributed by atoms with Crippen molar-refractivity contribution >= 4 is 33.6 Å². The zero-order valence-corrected chi connectivity index (χ0v) is 12.6. The van der Waals surface area contributed by atoms with E-state index in [1.54, 1.807) is 13.0 Å². The molecule has 2 N–H and O–H groups in total. The van der Waals surface area contributed by atoms with Crippen LogP contribution in [-0.2, 0) is 0 Å². The van der Waals surface area contributed by atoms with Gasteiger partial charge in [-0.05, 0) is 41.2 Å². The molecule has 1 aromatic rings. The zero-order valence-electron chi connectivity index (χ0n) is 10.2. The van der Waals surface area contributed by atoms with Gasteiger partial charge in [-0.3, -0.25) is 4.79 Å². The Balaban J connectivity index is 2.72. The Labute approximate surface area is 118 Å². The van der Waals surface area contributed by atoms with E-state index in [1.807, 2.05) is 6.26 Å². The summed E-state index contributed by atoms with van der Waals surface area (Å²) in [6.07, 6.45) is 1.86. The molecular formula is C12H15BrFNO2S. The fraction of sp³-hybridized carbons (Fsp3) is 0.417. The number of carbonyl (C=O) groups excluding carboxylic acids is 1. The molecule has 0 saturated carbocycles. The van der Waals surface area contributed by atoms with E-state index < -0.39 is 17.3 Å². The van der Waals surface area contributed by atoms with Crippen LogP contribution in [0.1, 0.15) is 17.3 Å². The van der Waals surface area contributed by atoms with E-state index >= 15 is 0 Å². The van der Waals surface area contributed by atoms with Crippen LogP contribution < -0.4 is 5.32 Å². The Bertz CT molecular complexity index is 420. The van der Waals surface area contributed by atoms with Gasteiger partial charge in [0.05, 0.1) is 11.2 Å². The fourth-order valence-corrected chi connectivity index (χ4v) is 2.68. The highest BCUT2D eigenvalue weighted by Gasteiger charge is 2.22. The molecule has 0 heterocycles. The fourth-order valence-electron chi connectivity index (χ4n) is 1.44. The summed E-state index contributed by atoms with van der Waals surface area (Å²) < 4.78 is 13.9. The topological polar surface area (TPSA) is 49.3 Å². The van der Waals surface area contributed by atoms with E-state index in [0.717, 1.165) is 0 Å². The Kier molecular flexibility index (Phi) is 5.62. The van der Waals surface area contributed by atoms with Crippen molar-refractivity contribution in [3.8, 4) is 0 Å². The van der Waals surface area contributed by atoms with E-state index in [0.29, 0.717) is 10.2 Å². The molecule has 0 bridgehead atoms. The standard InChI is InChI=1S/C12H15BrFNO2S/c1-12(17,7-18-2)6-15-11(16)10-8(13)4-3-5-9(10)14/h3-5,17H,6-7H2,1-2H3,(H,15,16). The van der Waals surface area contributed by atoms with Crippen molar-refractivity contribution in [3.63, 3.8) is 0 Å². The largest absolute Gasteiger partial charge is 0.387 e. The van der Waals surface area contributed by atoms with Gasteiger partial charge in [0.2, 0.25) is 0 Å². The summed E-state index contributed by atoms with van der Waals surface area (Å²) in [5.41, 5.74) is -1.05. The van der Waals surface area contributed by atoms with Crippen molar-refractivity contribution in [2.24, 2.45) is 0 Å². The number of carbonyl (C=O) groups is 1. The molecule has 0 aliphatic heterocycles. The molecule has 100 valence electrons. The summed E-state index contributed by atoms with van der Waals surface area (Å²) in [4.78, 5) is 11.8. The Morgan fingerprint density at radius 2 is 2.28 bits per heavy atom. The van der Waals surface area contributed by atoms with E-state index in [1.165, 1.54) is 23.9 Å².